The van der Waals surface area contributed by atoms with Gasteiger partial charge in [0.25, 0.3) is 0 Å². The van der Waals surface area contributed by atoms with Gasteiger partial charge in [-0.3, -0.25) is 4.90 Å². The number of likely N-dealkylation sites (tertiary alicyclic amines) is 1. The Labute approximate surface area is 127 Å². The first-order chi connectivity index (χ1) is 9.78. The summed E-state index contributed by atoms with van der Waals surface area (Å²) in [6, 6.07) is 8.69. The molecule has 2 aliphatic rings. The van der Waals surface area contributed by atoms with Crippen LogP contribution in [-0.2, 0) is 0 Å². The molecule has 1 aliphatic heterocycles. The summed E-state index contributed by atoms with van der Waals surface area (Å²) >= 11 is 6.49. The van der Waals surface area contributed by atoms with Crippen LogP contribution in [-0.4, -0.2) is 30.6 Å². The molecule has 3 rings (SSSR count). The number of rotatable bonds is 4. The zero-order valence-corrected chi connectivity index (χ0v) is 13.1. The number of hydrogen-bond donors (Lipinski definition) is 1. The maximum atomic E-state index is 6.49. The van der Waals surface area contributed by atoms with Crippen molar-refractivity contribution < 1.29 is 0 Å². The molecule has 1 unspecified atom stereocenters. The van der Waals surface area contributed by atoms with E-state index in [1.807, 2.05) is 12.1 Å². The lowest BCUT2D eigenvalue weighted by Crippen LogP contribution is -2.53. The molecule has 1 saturated heterocycles. The summed E-state index contributed by atoms with van der Waals surface area (Å²) in [6.07, 6.45) is 7.98. The fourth-order valence-electron chi connectivity index (χ4n) is 4.36. The van der Waals surface area contributed by atoms with Crippen LogP contribution < -0.4 is 5.32 Å². The molecule has 0 radical (unpaired) electrons. The Bertz CT molecular complexity index is 448. The molecule has 2 nitrogen and oxygen atoms in total. The molecule has 0 amide bonds. The summed E-state index contributed by atoms with van der Waals surface area (Å²) in [5.41, 5.74) is 1.54. The molecule has 0 aromatic heterocycles. The first-order valence-corrected chi connectivity index (χ1v) is 8.32. The lowest BCUT2D eigenvalue weighted by molar-refractivity contribution is 0.0797. The second kappa shape index (κ2) is 6.05. The van der Waals surface area contributed by atoms with Gasteiger partial charge >= 0.3 is 0 Å². The zero-order chi connectivity index (χ0) is 14.0. The monoisotopic (exact) mass is 292 g/mol. The summed E-state index contributed by atoms with van der Waals surface area (Å²) in [7, 11) is 2.09. The Morgan fingerprint density at radius 3 is 2.35 bits per heavy atom. The molecule has 0 spiro atoms. The van der Waals surface area contributed by atoms with Crippen molar-refractivity contribution >= 4 is 11.6 Å². The van der Waals surface area contributed by atoms with E-state index < -0.39 is 0 Å². The quantitative estimate of drug-likeness (QED) is 0.902. The Kier molecular flexibility index (Phi) is 4.34. The molecule has 0 bridgehead atoms. The smallest absolute Gasteiger partial charge is 0.0519 e. The van der Waals surface area contributed by atoms with Gasteiger partial charge in [-0.2, -0.15) is 0 Å². The average molecular weight is 293 g/mol. The first kappa shape index (κ1) is 14.4. The van der Waals surface area contributed by atoms with Gasteiger partial charge in [0, 0.05) is 10.6 Å². The van der Waals surface area contributed by atoms with Crippen molar-refractivity contribution in [1.29, 1.82) is 0 Å². The molecule has 3 heteroatoms. The van der Waals surface area contributed by atoms with Crippen LogP contribution in [0.2, 0.25) is 5.02 Å². The van der Waals surface area contributed by atoms with Crippen molar-refractivity contribution in [2.45, 2.75) is 50.1 Å². The maximum absolute atomic E-state index is 6.49. The van der Waals surface area contributed by atoms with E-state index >= 15 is 0 Å². The van der Waals surface area contributed by atoms with Crippen molar-refractivity contribution in [3.63, 3.8) is 0 Å². The molecule has 1 aromatic rings. The molecule has 2 fully saturated rings. The highest BCUT2D eigenvalue weighted by atomic mass is 35.5. The molecule has 1 heterocycles. The van der Waals surface area contributed by atoms with Crippen LogP contribution in [0.25, 0.3) is 0 Å². The Hall–Kier alpha value is -0.570. The SMILES string of the molecule is CNC(c1ccccc1Cl)C1(N2CCCC2)CCCC1. The van der Waals surface area contributed by atoms with Crippen molar-refractivity contribution in [2.75, 3.05) is 20.1 Å². The summed E-state index contributed by atoms with van der Waals surface area (Å²) < 4.78 is 0. The first-order valence-electron chi connectivity index (χ1n) is 7.95. The van der Waals surface area contributed by atoms with Crippen LogP contribution in [0.3, 0.4) is 0 Å². The number of nitrogens with one attached hydrogen (secondary N) is 1. The fourth-order valence-corrected chi connectivity index (χ4v) is 4.60. The van der Waals surface area contributed by atoms with Crippen LogP contribution in [0.5, 0.6) is 0 Å². The predicted octanol–water partition coefficient (Wildman–Crippen LogP) is 4.01. The van der Waals surface area contributed by atoms with E-state index in [0.717, 1.165) is 5.02 Å². The van der Waals surface area contributed by atoms with Crippen molar-refractivity contribution in [2.24, 2.45) is 0 Å². The third kappa shape index (κ3) is 2.38. The second-order valence-electron chi connectivity index (χ2n) is 6.25. The highest BCUT2D eigenvalue weighted by Crippen LogP contribution is 2.46. The van der Waals surface area contributed by atoms with Gasteiger partial charge in [0.2, 0.25) is 0 Å². The van der Waals surface area contributed by atoms with Crippen molar-refractivity contribution in [3.8, 4) is 0 Å². The largest absolute Gasteiger partial charge is 0.311 e. The van der Waals surface area contributed by atoms with E-state index in [2.05, 4.69) is 29.4 Å². The Morgan fingerprint density at radius 1 is 1.10 bits per heavy atom. The van der Waals surface area contributed by atoms with Gasteiger partial charge in [-0.15, -0.1) is 0 Å². The standard InChI is InChI=1S/C17H25ClN2/c1-19-16(14-8-2-3-9-15(14)18)17(10-4-5-11-17)20-12-6-7-13-20/h2-3,8-9,16,19H,4-7,10-13H2,1H3. The number of halogens is 1. The number of nitrogens with zero attached hydrogens (tertiary/aromatic N) is 1. The highest BCUT2D eigenvalue weighted by Gasteiger charge is 2.47. The summed E-state index contributed by atoms with van der Waals surface area (Å²) in [5, 5.41) is 4.49. The van der Waals surface area contributed by atoms with Crippen LogP contribution in [0.15, 0.2) is 24.3 Å². The normalized spacial score (nSPS) is 24.1. The maximum Gasteiger partial charge on any atom is 0.0519 e. The van der Waals surface area contributed by atoms with Gasteiger partial charge in [-0.25, -0.2) is 0 Å². The van der Waals surface area contributed by atoms with E-state index in [9.17, 15) is 0 Å². The van der Waals surface area contributed by atoms with Crippen LogP contribution in [0, 0.1) is 0 Å². The Morgan fingerprint density at radius 2 is 1.75 bits per heavy atom. The van der Waals surface area contributed by atoms with Crippen molar-refractivity contribution in [1.82, 2.24) is 10.2 Å². The minimum Gasteiger partial charge on any atom is -0.311 e. The number of benzene rings is 1. The Balaban J connectivity index is 1.98. The third-order valence-electron chi connectivity index (χ3n) is 5.25. The third-order valence-corrected chi connectivity index (χ3v) is 5.59. The van der Waals surface area contributed by atoms with E-state index in [4.69, 9.17) is 11.6 Å². The molecular weight excluding hydrogens is 268 g/mol. The average Bonchev–Trinajstić information content (AvgIpc) is 3.12. The van der Waals surface area contributed by atoms with Crippen molar-refractivity contribution in [3.05, 3.63) is 34.9 Å². The number of likely N-dealkylation sites (N-methyl/N-ethyl adjacent to an activating group) is 1. The summed E-state index contributed by atoms with van der Waals surface area (Å²) in [4.78, 5) is 2.74. The second-order valence-corrected chi connectivity index (χ2v) is 6.66. The molecule has 1 saturated carbocycles. The molecule has 1 aliphatic carbocycles. The lowest BCUT2D eigenvalue weighted by Gasteiger charge is -2.45. The van der Waals surface area contributed by atoms with Crippen LogP contribution in [0.1, 0.15) is 50.1 Å². The van der Waals surface area contributed by atoms with Gasteiger partial charge in [-0.1, -0.05) is 42.6 Å². The van der Waals surface area contributed by atoms with E-state index in [1.54, 1.807) is 0 Å². The van der Waals surface area contributed by atoms with Gasteiger partial charge in [0.05, 0.1) is 6.04 Å². The van der Waals surface area contributed by atoms with Crippen LogP contribution >= 0.6 is 11.6 Å². The molecular formula is C17H25ClN2. The van der Waals surface area contributed by atoms with Crippen LogP contribution in [0.4, 0.5) is 0 Å². The molecule has 110 valence electrons. The highest BCUT2D eigenvalue weighted by molar-refractivity contribution is 6.31. The molecule has 1 atom stereocenters. The summed E-state index contributed by atoms with van der Waals surface area (Å²) in [5.74, 6) is 0. The number of hydrogen-bond acceptors (Lipinski definition) is 2. The molecule has 1 aromatic carbocycles. The minimum absolute atomic E-state index is 0.274. The zero-order valence-electron chi connectivity index (χ0n) is 12.4. The molecule has 1 N–H and O–H groups in total. The minimum atomic E-state index is 0.274. The molecule has 20 heavy (non-hydrogen) atoms. The van der Waals surface area contributed by atoms with E-state index in [-0.39, 0.29) is 5.54 Å². The van der Waals surface area contributed by atoms with Gasteiger partial charge in [0.15, 0.2) is 0 Å². The lowest BCUT2D eigenvalue weighted by atomic mass is 9.82. The summed E-state index contributed by atoms with van der Waals surface area (Å²) in [6.45, 7) is 2.51. The van der Waals surface area contributed by atoms with E-state index in [1.165, 1.54) is 57.2 Å². The van der Waals surface area contributed by atoms with Gasteiger partial charge in [0.1, 0.15) is 0 Å². The fraction of sp³-hybridized carbons (Fsp3) is 0.647. The van der Waals surface area contributed by atoms with Gasteiger partial charge < -0.3 is 5.32 Å². The topological polar surface area (TPSA) is 15.3 Å². The van der Waals surface area contributed by atoms with Gasteiger partial charge in [-0.05, 0) is 57.5 Å². The van der Waals surface area contributed by atoms with E-state index in [0.29, 0.717) is 6.04 Å². The predicted molar refractivity (Wildman–Crippen MR) is 85.3 cm³/mol.